The van der Waals surface area contributed by atoms with Crippen molar-refractivity contribution in [3.05, 3.63) is 24.3 Å². The number of nitrogens with one attached hydrogen (secondary N) is 1. The normalized spacial score (nSPS) is 9.00. The third-order valence-corrected chi connectivity index (χ3v) is 2.00. The van der Waals surface area contributed by atoms with Crippen molar-refractivity contribution in [3.8, 4) is 5.40 Å². The molecule has 0 bridgehead atoms. The van der Waals surface area contributed by atoms with E-state index in [-0.39, 0.29) is 0 Å². The Hall–Kier alpha value is -1.14. The van der Waals surface area contributed by atoms with Crippen molar-refractivity contribution >= 4 is 17.4 Å². The summed E-state index contributed by atoms with van der Waals surface area (Å²) in [5, 5.41) is 13.6. The molecule has 0 aliphatic heterocycles. The number of hydrogen-bond acceptors (Lipinski definition) is 3. The monoisotopic (exact) mass is 178 g/mol. The summed E-state index contributed by atoms with van der Waals surface area (Å²) in [6.07, 6.45) is 0. The quantitative estimate of drug-likeness (QED) is 0.571. The van der Waals surface area contributed by atoms with Gasteiger partial charge in [0.25, 0.3) is 0 Å². The number of nitrogens with zero attached hydrogens (tertiary/aromatic N) is 1. The molecule has 1 N–H and O–H groups in total. The number of anilines is 1. The van der Waals surface area contributed by atoms with Crippen LogP contribution in [-0.2, 0) is 0 Å². The van der Waals surface area contributed by atoms with Crippen molar-refractivity contribution in [2.45, 2.75) is 11.8 Å². The van der Waals surface area contributed by atoms with Crippen molar-refractivity contribution in [2.24, 2.45) is 0 Å². The van der Waals surface area contributed by atoms with Gasteiger partial charge in [-0.3, -0.25) is 0 Å². The highest BCUT2D eigenvalue weighted by molar-refractivity contribution is 8.03. The van der Waals surface area contributed by atoms with Gasteiger partial charge < -0.3 is 5.32 Å². The molecule has 0 amide bonds. The van der Waals surface area contributed by atoms with Crippen LogP contribution in [0.1, 0.15) is 6.92 Å². The Kier molecular flexibility index (Phi) is 3.49. The lowest BCUT2D eigenvalue weighted by Crippen LogP contribution is -1.95. The minimum atomic E-state index is 0.921. The van der Waals surface area contributed by atoms with Gasteiger partial charge in [-0.1, -0.05) is 0 Å². The first-order valence-corrected chi connectivity index (χ1v) is 4.58. The molecule has 0 aliphatic carbocycles. The smallest absolute Gasteiger partial charge is 0.138 e. The molecule has 0 aliphatic rings. The zero-order valence-electron chi connectivity index (χ0n) is 6.87. The predicted octanol–water partition coefficient (Wildman–Crippen LogP) is 2.69. The van der Waals surface area contributed by atoms with Gasteiger partial charge in [-0.25, -0.2) is 0 Å². The number of thioether (sulfide) groups is 1. The van der Waals surface area contributed by atoms with Crippen LogP contribution < -0.4 is 5.32 Å². The minimum absolute atomic E-state index is 0.921. The van der Waals surface area contributed by atoms with Gasteiger partial charge in [0.1, 0.15) is 5.40 Å². The molecule has 0 spiro atoms. The Labute approximate surface area is 76.6 Å². The van der Waals surface area contributed by atoms with Gasteiger partial charge in [0, 0.05) is 17.1 Å². The molecule has 3 heteroatoms. The Morgan fingerprint density at radius 1 is 1.42 bits per heavy atom. The predicted molar refractivity (Wildman–Crippen MR) is 52.1 cm³/mol. The molecule has 0 heterocycles. The summed E-state index contributed by atoms with van der Waals surface area (Å²) in [5.41, 5.74) is 1.10. The molecule has 0 saturated heterocycles. The van der Waals surface area contributed by atoms with Crippen LogP contribution in [0.5, 0.6) is 0 Å². The van der Waals surface area contributed by atoms with E-state index in [4.69, 9.17) is 5.26 Å². The Bertz CT molecular complexity index is 274. The van der Waals surface area contributed by atoms with Crippen LogP contribution in [0.4, 0.5) is 5.69 Å². The molecular weight excluding hydrogens is 168 g/mol. The van der Waals surface area contributed by atoms with Crippen molar-refractivity contribution in [1.29, 1.82) is 5.26 Å². The molecule has 62 valence electrons. The van der Waals surface area contributed by atoms with E-state index < -0.39 is 0 Å². The zero-order chi connectivity index (χ0) is 8.81. The Morgan fingerprint density at radius 3 is 2.58 bits per heavy atom. The van der Waals surface area contributed by atoms with Gasteiger partial charge in [0.2, 0.25) is 0 Å². The summed E-state index contributed by atoms with van der Waals surface area (Å²) >= 11 is 1.18. The number of rotatable bonds is 3. The molecule has 12 heavy (non-hydrogen) atoms. The highest BCUT2D eigenvalue weighted by atomic mass is 32.2. The minimum Gasteiger partial charge on any atom is -0.385 e. The third kappa shape index (κ3) is 2.48. The van der Waals surface area contributed by atoms with Gasteiger partial charge in [-0.05, 0) is 43.0 Å². The average Bonchev–Trinajstić information content (AvgIpc) is 2.09. The maximum absolute atomic E-state index is 8.39. The standard InChI is InChI=1S/C9H10N2S/c1-2-11-8-3-5-9(6-4-8)12-7-10/h3-6,11H,2H2,1H3. The lowest BCUT2D eigenvalue weighted by Gasteiger charge is -2.01. The lowest BCUT2D eigenvalue weighted by atomic mass is 10.3. The molecule has 0 unspecified atom stereocenters. The third-order valence-electron chi connectivity index (χ3n) is 1.40. The Balaban J connectivity index is 2.66. The second kappa shape index (κ2) is 4.68. The van der Waals surface area contributed by atoms with E-state index in [0.29, 0.717) is 0 Å². The summed E-state index contributed by atoms with van der Waals surface area (Å²) < 4.78 is 0. The summed E-state index contributed by atoms with van der Waals surface area (Å²) in [5.74, 6) is 0. The SMILES string of the molecule is CCNc1ccc(SC#N)cc1. The largest absolute Gasteiger partial charge is 0.385 e. The molecule has 1 rings (SSSR count). The summed E-state index contributed by atoms with van der Waals surface area (Å²) in [7, 11) is 0. The van der Waals surface area contributed by atoms with Crippen molar-refractivity contribution in [3.63, 3.8) is 0 Å². The molecule has 0 fully saturated rings. The molecule has 0 radical (unpaired) electrons. The molecule has 0 atom stereocenters. The van der Waals surface area contributed by atoms with Crippen LogP contribution >= 0.6 is 11.8 Å². The van der Waals surface area contributed by atoms with Gasteiger partial charge in [-0.15, -0.1) is 0 Å². The fourth-order valence-corrected chi connectivity index (χ4v) is 1.28. The topological polar surface area (TPSA) is 35.8 Å². The molecule has 1 aromatic carbocycles. The maximum atomic E-state index is 8.39. The van der Waals surface area contributed by atoms with Crippen LogP contribution in [0.25, 0.3) is 0 Å². The summed E-state index contributed by atoms with van der Waals surface area (Å²) in [6, 6.07) is 7.82. The van der Waals surface area contributed by atoms with E-state index in [1.165, 1.54) is 11.8 Å². The molecule has 0 aromatic heterocycles. The molecule has 0 saturated carbocycles. The van der Waals surface area contributed by atoms with E-state index in [9.17, 15) is 0 Å². The first-order valence-electron chi connectivity index (χ1n) is 3.76. The lowest BCUT2D eigenvalue weighted by molar-refractivity contribution is 1.21. The van der Waals surface area contributed by atoms with Crippen LogP contribution in [-0.4, -0.2) is 6.54 Å². The Morgan fingerprint density at radius 2 is 2.08 bits per heavy atom. The first kappa shape index (κ1) is 8.95. The van der Waals surface area contributed by atoms with Gasteiger partial charge in [0.15, 0.2) is 0 Å². The molecule has 1 aromatic rings. The first-order chi connectivity index (χ1) is 5.86. The van der Waals surface area contributed by atoms with E-state index >= 15 is 0 Å². The molecular formula is C9H10N2S. The fraction of sp³-hybridized carbons (Fsp3) is 0.222. The highest BCUT2D eigenvalue weighted by Crippen LogP contribution is 2.18. The fourth-order valence-electron chi connectivity index (χ4n) is 0.898. The second-order valence-electron chi connectivity index (χ2n) is 2.25. The van der Waals surface area contributed by atoms with Crippen LogP contribution in [0.3, 0.4) is 0 Å². The van der Waals surface area contributed by atoms with E-state index in [1.54, 1.807) is 0 Å². The summed E-state index contributed by atoms with van der Waals surface area (Å²) in [6.45, 7) is 2.97. The number of hydrogen-bond donors (Lipinski definition) is 1. The average molecular weight is 178 g/mol. The van der Waals surface area contributed by atoms with Gasteiger partial charge >= 0.3 is 0 Å². The van der Waals surface area contributed by atoms with Gasteiger partial charge in [-0.2, -0.15) is 5.26 Å². The van der Waals surface area contributed by atoms with Crippen LogP contribution in [0.2, 0.25) is 0 Å². The van der Waals surface area contributed by atoms with Gasteiger partial charge in [0.05, 0.1) is 0 Å². The zero-order valence-corrected chi connectivity index (χ0v) is 7.69. The van der Waals surface area contributed by atoms with Crippen molar-refractivity contribution < 1.29 is 0 Å². The summed E-state index contributed by atoms with van der Waals surface area (Å²) in [4.78, 5) is 0.985. The van der Waals surface area contributed by atoms with E-state index in [0.717, 1.165) is 17.1 Å². The maximum Gasteiger partial charge on any atom is 0.138 e. The number of nitriles is 1. The number of benzene rings is 1. The van der Waals surface area contributed by atoms with E-state index in [2.05, 4.69) is 12.2 Å². The van der Waals surface area contributed by atoms with Crippen LogP contribution in [0, 0.1) is 10.7 Å². The van der Waals surface area contributed by atoms with E-state index in [1.807, 2.05) is 29.7 Å². The highest BCUT2D eigenvalue weighted by Gasteiger charge is 1.92. The molecule has 2 nitrogen and oxygen atoms in total. The second-order valence-corrected chi connectivity index (χ2v) is 3.11. The van der Waals surface area contributed by atoms with Crippen molar-refractivity contribution in [2.75, 3.05) is 11.9 Å². The van der Waals surface area contributed by atoms with Crippen molar-refractivity contribution in [1.82, 2.24) is 0 Å². The van der Waals surface area contributed by atoms with Crippen LogP contribution in [0.15, 0.2) is 29.2 Å². The number of thiocyanates is 1.